The SMILES string of the molecule is C1=Cc2cc[nH]c2CC=N1.C=C. The lowest BCUT2D eigenvalue weighted by molar-refractivity contribution is 1.20. The van der Waals surface area contributed by atoms with Gasteiger partial charge in [-0.15, -0.1) is 13.2 Å². The Morgan fingerprint density at radius 1 is 1.42 bits per heavy atom. The summed E-state index contributed by atoms with van der Waals surface area (Å²) in [4.78, 5) is 7.19. The Labute approximate surface area is 72.3 Å². The predicted octanol–water partition coefficient (Wildman–Crippen LogP) is 2.41. The Balaban J connectivity index is 0.000000336. The quantitative estimate of drug-likeness (QED) is 0.564. The van der Waals surface area contributed by atoms with E-state index in [9.17, 15) is 0 Å². The second-order valence-corrected chi connectivity index (χ2v) is 2.26. The normalized spacial score (nSPS) is 12.7. The van der Waals surface area contributed by atoms with Crippen LogP contribution in [0.2, 0.25) is 0 Å². The molecule has 1 aliphatic heterocycles. The van der Waals surface area contributed by atoms with Gasteiger partial charge in [0.05, 0.1) is 0 Å². The van der Waals surface area contributed by atoms with Crippen molar-refractivity contribution in [3.63, 3.8) is 0 Å². The van der Waals surface area contributed by atoms with Crippen molar-refractivity contribution in [2.45, 2.75) is 6.42 Å². The lowest BCUT2D eigenvalue weighted by Gasteiger charge is -1.89. The number of aliphatic imine (C=N–C) groups is 1. The molecule has 0 fully saturated rings. The predicted molar refractivity (Wildman–Crippen MR) is 53.3 cm³/mol. The van der Waals surface area contributed by atoms with Crippen LogP contribution in [0.1, 0.15) is 11.3 Å². The number of rotatable bonds is 0. The molecular weight excluding hydrogens is 148 g/mol. The van der Waals surface area contributed by atoms with Crippen LogP contribution in [-0.4, -0.2) is 11.2 Å². The third-order valence-corrected chi connectivity index (χ3v) is 1.61. The molecule has 0 radical (unpaired) electrons. The first-order chi connectivity index (χ1) is 5.97. The topological polar surface area (TPSA) is 28.1 Å². The summed E-state index contributed by atoms with van der Waals surface area (Å²) in [7, 11) is 0. The smallest absolute Gasteiger partial charge is 0.0275 e. The number of hydrogen-bond acceptors (Lipinski definition) is 1. The van der Waals surface area contributed by atoms with Crippen molar-refractivity contribution in [3.05, 3.63) is 42.9 Å². The molecule has 0 spiro atoms. The molecule has 0 amide bonds. The summed E-state index contributed by atoms with van der Waals surface area (Å²) in [6.07, 6.45) is 8.59. The lowest BCUT2D eigenvalue weighted by Crippen LogP contribution is -1.85. The second-order valence-electron chi connectivity index (χ2n) is 2.26. The van der Waals surface area contributed by atoms with E-state index in [2.05, 4.69) is 29.2 Å². The van der Waals surface area contributed by atoms with Crippen molar-refractivity contribution < 1.29 is 0 Å². The van der Waals surface area contributed by atoms with E-state index in [1.807, 2.05) is 24.7 Å². The van der Waals surface area contributed by atoms with Gasteiger partial charge >= 0.3 is 0 Å². The third-order valence-electron chi connectivity index (χ3n) is 1.61. The fourth-order valence-corrected chi connectivity index (χ4v) is 1.08. The van der Waals surface area contributed by atoms with Gasteiger partial charge in [-0.05, 0) is 17.7 Å². The van der Waals surface area contributed by atoms with E-state index in [-0.39, 0.29) is 0 Å². The van der Waals surface area contributed by atoms with Gasteiger partial charge in [0.2, 0.25) is 0 Å². The Kier molecular flexibility index (Phi) is 3.08. The molecule has 2 heterocycles. The molecule has 0 atom stereocenters. The Hall–Kier alpha value is -1.57. The van der Waals surface area contributed by atoms with Crippen molar-refractivity contribution >= 4 is 12.3 Å². The van der Waals surface area contributed by atoms with Crippen molar-refractivity contribution in [2.24, 2.45) is 4.99 Å². The highest BCUT2D eigenvalue weighted by Gasteiger charge is 1.99. The first kappa shape index (κ1) is 8.53. The number of aromatic amines is 1. The molecule has 0 saturated heterocycles. The molecule has 62 valence electrons. The zero-order chi connectivity index (χ0) is 8.81. The third kappa shape index (κ3) is 1.72. The van der Waals surface area contributed by atoms with Gasteiger partial charge in [0, 0.05) is 30.7 Å². The van der Waals surface area contributed by atoms with Gasteiger partial charge in [-0.1, -0.05) is 0 Å². The van der Waals surface area contributed by atoms with Crippen molar-refractivity contribution in [1.82, 2.24) is 4.98 Å². The minimum Gasteiger partial charge on any atom is -0.364 e. The van der Waals surface area contributed by atoms with Crippen molar-refractivity contribution in [1.29, 1.82) is 0 Å². The highest BCUT2D eigenvalue weighted by atomic mass is 14.7. The first-order valence-corrected chi connectivity index (χ1v) is 3.81. The van der Waals surface area contributed by atoms with Crippen LogP contribution < -0.4 is 0 Å². The summed E-state index contributed by atoms with van der Waals surface area (Å²) in [6, 6.07) is 2.06. The minimum absolute atomic E-state index is 0.912. The van der Waals surface area contributed by atoms with E-state index in [4.69, 9.17) is 0 Å². The van der Waals surface area contributed by atoms with Gasteiger partial charge in [0.15, 0.2) is 0 Å². The average molecular weight is 160 g/mol. The molecule has 1 aromatic rings. The molecule has 0 aromatic carbocycles. The zero-order valence-electron chi connectivity index (χ0n) is 6.96. The molecule has 1 aliphatic rings. The Morgan fingerprint density at radius 3 is 3.08 bits per heavy atom. The maximum atomic E-state index is 4.03. The zero-order valence-corrected chi connectivity index (χ0v) is 6.96. The number of aromatic nitrogens is 1. The minimum atomic E-state index is 0.912. The van der Waals surface area contributed by atoms with Crippen LogP contribution in [0, 0.1) is 0 Å². The molecule has 12 heavy (non-hydrogen) atoms. The van der Waals surface area contributed by atoms with E-state index < -0.39 is 0 Å². The van der Waals surface area contributed by atoms with Crippen LogP contribution in [0.15, 0.2) is 36.6 Å². The molecule has 2 rings (SSSR count). The Morgan fingerprint density at radius 2 is 2.25 bits per heavy atom. The summed E-state index contributed by atoms with van der Waals surface area (Å²) in [5.74, 6) is 0. The van der Waals surface area contributed by atoms with Crippen molar-refractivity contribution in [2.75, 3.05) is 0 Å². The van der Waals surface area contributed by atoms with Gasteiger partial charge in [-0.25, -0.2) is 0 Å². The van der Waals surface area contributed by atoms with Crippen LogP contribution in [0.25, 0.3) is 6.08 Å². The number of nitrogens with one attached hydrogen (secondary N) is 1. The molecule has 0 unspecified atom stereocenters. The molecule has 2 nitrogen and oxygen atoms in total. The van der Waals surface area contributed by atoms with Gasteiger partial charge in [0.1, 0.15) is 0 Å². The van der Waals surface area contributed by atoms with E-state index in [0.29, 0.717) is 0 Å². The molecule has 1 aromatic heterocycles. The highest BCUT2D eigenvalue weighted by molar-refractivity contribution is 5.68. The first-order valence-electron chi connectivity index (χ1n) is 3.81. The van der Waals surface area contributed by atoms with Gasteiger partial charge in [-0.2, -0.15) is 0 Å². The highest BCUT2D eigenvalue weighted by Crippen LogP contribution is 2.10. The summed E-state index contributed by atoms with van der Waals surface area (Å²) < 4.78 is 0. The van der Waals surface area contributed by atoms with Gasteiger partial charge < -0.3 is 4.98 Å². The summed E-state index contributed by atoms with van der Waals surface area (Å²) in [6.45, 7) is 6.00. The maximum Gasteiger partial charge on any atom is 0.0275 e. The Bertz CT molecular complexity index is 295. The van der Waals surface area contributed by atoms with E-state index in [1.165, 1.54) is 11.3 Å². The largest absolute Gasteiger partial charge is 0.364 e. The summed E-state index contributed by atoms with van der Waals surface area (Å²) >= 11 is 0. The fourth-order valence-electron chi connectivity index (χ4n) is 1.08. The maximum absolute atomic E-state index is 4.03. The van der Waals surface area contributed by atoms with E-state index in [1.54, 1.807) is 0 Å². The van der Waals surface area contributed by atoms with Crippen LogP contribution in [0.4, 0.5) is 0 Å². The number of fused-ring (bicyclic) bond motifs is 1. The van der Waals surface area contributed by atoms with Crippen LogP contribution in [0.3, 0.4) is 0 Å². The number of H-pyrrole nitrogens is 1. The number of nitrogens with zero attached hydrogens (tertiary/aromatic N) is 1. The fraction of sp³-hybridized carbons (Fsp3) is 0.100. The molecular formula is C10H12N2. The molecule has 0 bridgehead atoms. The van der Waals surface area contributed by atoms with Crippen LogP contribution in [-0.2, 0) is 6.42 Å². The van der Waals surface area contributed by atoms with E-state index in [0.717, 1.165) is 6.42 Å². The van der Waals surface area contributed by atoms with Crippen molar-refractivity contribution in [3.8, 4) is 0 Å². The summed E-state index contributed by atoms with van der Waals surface area (Å²) in [5.41, 5.74) is 2.50. The van der Waals surface area contributed by atoms with Crippen LogP contribution >= 0.6 is 0 Å². The standard InChI is InChI=1S/C8H8N2.C2H4/c1-4-9-5-3-8-7(1)2-6-10-8;1-2/h1-2,4-6,10H,3H2;1-2H2. The van der Waals surface area contributed by atoms with Gasteiger partial charge in [-0.3, -0.25) is 4.99 Å². The van der Waals surface area contributed by atoms with Gasteiger partial charge in [0.25, 0.3) is 0 Å². The summed E-state index contributed by atoms with van der Waals surface area (Å²) in [5, 5.41) is 0. The molecule has 1 N–H and O–H groups in total. The molecule has 0 saturated carbocycles. The average Bonchev–Trinajstić information content (AvgIpc) is 2.46. The number of hydrogen-bond donors (Lipinski definition) is 1. The second kappa shape index (κ2) is 4.34. The van der Waals surface area contributed by atoms with Crippen LogP contribution in [0.5, 0.6) is 0 Å². The monoisotopic (exact) mass is 160 g/mol. The lowest BCUT2D eigenvalue weighted by atomic mass is 10.2. The molecule has 0 aliphatic carbocycles. The van der Waals surface area contributed by atoms with E-state index >= 15 is 0 Å². The molecule has 2 heteroatoms.